The first kappa shape index (κ1) is 23.6. The number of rotatable bonds is 9. The van der Waals surface area contributed by atoms with Crippen LogP contribution in [0.2, 0.25) is 0 Å². The molecule has 3 aromatic rings. The Morgan fingerprint density at radius 2 is 1.75 bits per heavy atom. The molecule has 0 saturated heterocycles. The number of nitrogens with one attached hydrogen (secondary N) is 1. The van der Waals surface area contributed by atoms with Gasteiger partial charge in [0.15, 0.2) is 0 Å². The molecule has 0 fully saturated rings. The van der Waals surface area contributed by atoms with Crippen molar-refractivity contribution in [3.8, 4) is 5.75 Å². The second-order valence-corrected chi connectivity index (χ2v) is 9.78. The predicted octanol–water partition coefficient (Wildman–Crippen LogP) is 4.20. The third kappa shape index (κ3) is 5.59. The Hall–Kier alpha value is -3.06. The maximum Gasteiger partial charge on any atom is 0.244 e. The molecule has 3 rings (SSSR count). The van der Waals surface area contributed by atoms with Gasteiger partial charge in [0.2, 0.25) is 15.9 Å². The highest BCUT2D eigenvalue weighted by Gasteiger charge is 2.32. The lowest BCUT2D eigenvalue weighted by molar-refractivity contribution is -0.122. The van der Waals surface area contributed by atoms with Gasteiger partial charge in [-0.15, -0.1) is 0 Å². The first-order valence-electron chi connectivity index (χ1n) is 10.7. The molecule has 0 unspecified atom stereocenters. The van der Waals surface area contributed by atoms with Crippen LogP contribution in [0.4, 0.5) is 5.69 Å². The van der Waals surface area contributed by atoms with Gasteiger partial charge < -0.3 is 10.1 Å². The summed E-state index contributed by atoms with van der Waals surface area (Å²) in [4.78, 5) is 12.9. The largest absolute Gasteiger partial charge is 0.492 e. The number of ether oxygens (including phenoxy) is 1. The fraction of sp³-hybridized carbons (Fsp3) is 0.320. The highest BCUT2D eigenvalue weighted by molar-refractivity contribution is 7.92. The lowest BCUT2D eigenvalue weighted by atomic mass is 10.1. The van der Waals surface area contributed by atoms with Gasteiger partial charge in [0.25, 0.3) is 0 Å². The Morgan fingerprint density at radius 3 is 2.44 bits per heavy atom. The number of hydrogen-bond donors (Lipinski definition) is 1. The first-order chi connectivity index (χ1) is 15.2. The number of carbonyl (C=O) groups is 1. The lowest BCUT2D eigenvalue weighted by Gasteiger charge is -2.31. The lowest BCUT2D eigenvalue weighted by Crippen LogP contribution is -2.50. The number of anilines is 1. The van der Waals surface area contributed by atoms with Gasteiger partial charge in [-0.1, -0.05) is 49.4 Å². The number of hydrogen-bond acceptors (Lipinski definition) is 4. The van der Waals surface area contributed by atoms with Crippen LogP contribution in [0.3, 0.4) is 0 Å². The average molecular weight is 455 g/mol. The van der Waals surface area contributed by atoms with E-state index in [-0.39, 0.29) is 19.1 Å². The van der Waals surface area contributed by atoms with E-state index in [1.807, 2.05) is 68.4 Å². The predicted molar refractivity (Wildman–Crippen MR) is 130 cm³/mol. The summed E-state index contributed by atoms with van der Waals surface area (Å²) in [5.41, 5.74) is 2.26. The van der Waals surface area contributed by atoms with Gasteiger partial charge in [0, 0.05) is 0 Å². The van der Waals surface area contributed by atoms with Crippen LogP contribution in [0, 0.1) is 13.8 Å². The zero-order valence-corrected chi connectivity index (χ0v) is 19.8. The van der Waals surface area contributed by atoms with Crippen molar-refractivity contribution in [2.75, 3.05) is 23.7 Å². The van der Waals surface area contributed by atoms with Gasteiger partial charge in [-0.25, -0.2) is 8.42 Å². The number of aryl methyl sites for hydroxylation is 2. The Bertz CT molecular complexity index is 1210. The zero-order valence-electron chi connectivity index (χ0n) is 19.0. The molecule has 32 heavy (non-hydrogen) atoms. The molecule has 0 aliphatic rings. The van der Waals surface area contributed by atoms with Crippen LogP contribution >= 0.6 is 0 Å². The van der Waals surface area contributed by atoms with Crippen molar-refractivity contribution in [2.24, 2.45) is 0 Å². The minimum Gasteiger partial charge on any atom is -0.492 e. The van der Waals surface area contributed by atoms with Crippen LogP contribution < -0.4 is 14.4 Å². The van der Waals surface area contributed by atoms with E-state index in [1.54, 1.807) is 13.0 Å². The van der Waals surface area contributed by atoms with Gasteiger partial charge in [0.05, 0.1) is 18.5 Å². The summed E-state index contributed by atoms with van der Waals surface area (Å²) < 4.78 is 32.3. The fourth-order valence-corrected chi connectivity index (χ4v) is 4.97. The molecule has 0 aliphatic carbocycles. The molecule has 0 radical (unpaired) electrons. The average Bonchev–Trinajstić information content (AvgIpc) is 2.75. The third-order valence-corrected chi connectivity index (χ3v) is 6.49. The minimum atomic E-state index is -3.67. The molecule has 0 spiro atoms. The molecule has 0 saturated carbocycles. The van der Waals surface area contributed by atoms with Crippen molar-refractivity contribution in [1.82, 2.24) is 5.32 Å². The maximum atomic E-state index is 12.9. The van der Waals surface area contributed by atoms with E-state index in [0.29, 0.717) is 12.1 Å². The zero-order chi connectivity index (χ0) is 23.3. The minimum absolute atomic E-state index is 0.270. The summed E-state index contributed by atoms with van der Waals surface area (Å²) >= 11 is 0. The summed E-state index contributed by atoms with van der Waals surface area (Å²) in [7, 11) is -3.67. The number of amides is 1. The van der Waals surface area contributed by atoms with Gasteiger partial charge in [0.1, 0.15) is 18.4 Å². The Morgan fingerprint density at radius 1 is 1.03 bits per heavy atom. The second-order valence-electron chi connectivity index (χ2n) is 7.92. The molecule has 0 bridgehead atoms. The summed E-state index contributed by atoms with van der Waals surface area (Å²) in [5.74, 6) is 0.374. The van der Waals surface area contributed by atoms with Crippen molar-refractivity contribution in [3.63, 3.8) is 0 Å². The van der Waals surface area contributed by atoms with Crippen LogP contribution in [0.5, 0.6) is 5.75 Å². The molecule has 1 N–H and O–H groups in total. The SMILES string of the molecule is CC[C@@H](C(=O)NCCOc1ccc2ccccc2c1)N(c1cc(C)ccc1C)S(C)(=O)=O. The van der Waals surface area contributed by atoms with Gasteiger partial charge >= 0.3 is 0 Å². The molecule has 0 aromatic heterocycles. The van der Waals surface area contributed by atoms with Crippen LogP contribution in [-0.4, -0.2) is 39.8 Å². The quantitative estimate of drug-likeness (QED) is 0.492. The summed E-state index contributed by atoms with van der Waals surface area (Å²) in [5, 5.41) is 5.04. The van der Waals surface area contributed by atoms with Crippen LogP contribution in [0.1, 0.15) is 24.5 Å². The molecule has 0 heterocycles. The van der Waals surface area contributed by atoms with E-state index < -0.39 is 16.1 Å². The maximum absolute atomic E-state index is 12.9. The van der Waals surface area contributed by atoms with E-state index in [0.717, 1.165) is 33.9 Å². The molecule has 7 heteroatoms. The Balaban J connectivity index is 1.67. The first-order valence-corrected chi connectivity index (χ1v) is 12.5. The van der Waals surface area contributed by atoms with Gasteiger partial charge in [-0.3, -0.25) is 9.10 Å². The van der Waals surface area contributed by atoms with Crippen LogP contribution in [0.25, 0.3) is 10.8 Å². The number of sulfonamides is 1. The van der Waals surface area contributed by atoms with E-state index in [1.165, 1.54) is 4.31 Å². The third-order valence-electron chi connectivity index (χ3n) is 5.32. The number of benzene rings is 3. The number of carbonyl (C=O) groups excluding carboxylic acids is 1. The molecule has 1 amide bonds. The summed E-state index contributed by atoms with van der Waals surface area (Å²) in [6.45, 7) is 6.10. The summed E-state index contributed by atoms with van der Waals surface area (Å²) in [6.07, 6.45) is 1.48. The topological polar surface area (TPSA) is 75.7 Å². The van der Waals surface area contributed by atoms with E-state index >= 15 is 0 Å². The number of fused-ring (bicyclic) bond motifs is 1. The smallest absolute Gasteiger partial charge is 0.244 e. The van der Waals surface area contributed by atoms with Crippen LogP contribution in [-0.2, 0) is 14.8 Å². The van der Waals surface area contributed by atoms with Crippen LogP contribution in [0.15, 0.2) is 60.7 Å². The molecular weight excluding hydrogens is 424 g/mol. The fourth-order valence-electron chi connectivity index (χ4n) is 3.71. The number of nitrogens with zero attached hydrogens (tertiary/aromatic N) is 1. The molecule has 0 aliphatic heterocycles. The molecule has 1 atom stereocenters. The van der Waals surface area contributed by atoms with E-state index in [4.69, 9.17) is 4.74 Å². The second kappa shape index (κ2) is 10.0. The molecule has 3 aromatic carbocycles. The standard InChI is InChI=1S/C25H30N2O4S/c1-5-23(27(32(4,29)30)24-16-18(2)10-11-19(24)3)25(28)26-14-15-31-22-13-12-20-8-6-7-9-21(20)17-22/h6-13,16-17,23H,5,14-15H2,1-4H3,(H,26,28)/t23-/m0/s1. The summed E-state index contributed by atoms with van der Waals surface area (Å²) in [6, 6.07) is 18.6. The normalized spacial score (nSPS) is 12.4. The van der Waals surface area contributed by atoms with Gasteiger partial charge in [-0.05, 0) is 60.4 Å². The van der Waals surface area contributed by atoms with Crippen molar-refractivity contribution in [3.05, 3.63) is 71.8 Å². The monoisotopic (exact) mass is 454 g/mol. The molecule has 170 valence electrons. The highest BCUT2D eigenvalue weighted by atomic mass is 32.2. The van der Waals surface area contributed by atoms with Crippen molar-refractivity contribution in [1.29, 1.82) is 0 Å². The van der Waals surface area contributed by atoms with Crippen molar-refractivity contribution in [2.45, 2.75) is 33.2 Å². The van der Waals surface area contributed by atoms with E-state index in [2.05, 4.69) is 5.32 Å². The van der Waals surface area contributed by atoms with Crippen molar-refractivity contribution >= 4 is 32.4 Å². The van der Waals surface area contributed by atoms with Gasteiger partial charge in [-0.2, -0.15) is 0 Å². The van der Waals surface area contributed by atoms with E-state index in [9.17, 15) is 13.2 Å². The van der Waals surface area contributed by atoms with Crippen molar-refractivity contribution < 1.29 is 17.9 Å². The highest BCUT2D eigenvalue weighted by Crippen LogP contribution is 2.27. The molecular formula is C25H30N2O4S. The molecule has 6 nitrogen and oxygen atoms in total. The Kier molecular flexibility index (Phi) is 7.40. The Labute approximate surface area is 190 Å².